The van der Waals surface area contributed by atoms with E-state index in [9.17, 15) is 9.59 Å². The SMILES string of the molecule is CCCCCCCCCCCCCCCCC(=O)OC(CCCCCCCCCCCCCC)CCCCCCCC(=O)O. The van der Waals surface area contributed by atoms with Crippen LogP contribution in [0.5, 0.6) is 0 Å². The van der Waals surface area contributed by atoms with Crippen molar-refractivity contribution in [2.24, 2.45) is 0 Å². The van der Waals surface area contributed by atoms with Crippen molar-refractivity contribution in [2.75, 3.05) is 0 Å². The van der Waals surface area contributed by atoms with E-state index in [4.69, 9.17) is 9.84 Å². The van der Waals surface area contributed by atoms with E-state index in [2.05, 4.69) is 13.8 Å². The number of aliphatic carboxylic acids is 1. The maximum Gasteiger partial charge on any atom is 0.306 e. The number of carboxylic acids is 1. The van der Waals surface area contributed by atoms with Crippen molar-refractivity contribution in [3.05, 3.63) is 0 Å². The number of hydrogen-bond acceptors (Lipinski definition) is 3. The van der Waals surface area contributed by atoms with Crippen molar-refractivity contribution in [1.29, 1.82) is 0 Å². The third kappa shape index (κ3) is 35.4. The number of carbonyl (C=O) groups is 2. The molecule has 0 bridgehead atoms. The zero-order chi connectivity index (χ0) is 32.2. The van der Waals surface area contributed by atoms with E-state index in [1.807, 2.05) is 0 Å². The van der Waals surface area contributed by atoms with Crippen LogP contribution in [0, 0.1) is 0 Å². The summed E-state index contributed by atoms with van der Waals surface area (Å²) in [4.78, 5) is 23.4. The number of unbranched alkanes of at least 4 members (excludes halogenated alkanes) is 28. The monoisotopic (exact) mass is 623 g/mol. The number of carbonyl (C=O) groups excluding carboxylic acids is 1. The summed E-state index contributed by atoms with van der Waals surface area (Å²) in [5.41, 5.74) is 0. The first-order valence-electron chi connectivity index (χ1n) is 20.0. The molecular weight excluding hydrogens is 544 g/mol. The van der Waals surface area contributed by atoms with Crippen LogP contribution in [0.3, 0.4) is 0 Å². The lowest BCUT2D eigenvalue weighted by molar-refractivity contribution is -0.150. The first kappa shape index (κ1) is 42.9. The fourth-order valence-corrected chi connectivity index (χ4v) is 6.36. The number of hydrogen-bond donors (Lipinski definition) is 1. The van der Waals surface area contributed by atoms with Crippen LogP contribution >= 0.6 is 0 Å². The molecule has 0 aromatic rings. The summed E-state index contributed by atoms with van der Waals surface area (Å²) >= 11 is 0. The molecular formula is C40H78O4. The van der Waals surface area contributed by atoms with Crippen LogP contribution < -0.4 is 0 Å². The molecule has 1 atom stereocenters. The van der Waals surface area contributed by atoms with Gasteiger partial charge >= 0.3 is 11.9 Å². The molecule has 4 nitrogen and oxygen atoms in total. The van der Waals surface area contributed by atoms with Crippen LogP contribution in [-0.2, 0) is 14.3 Å². The second kappa shape index (κ2) is 36.4. The molecule has 1 unspecified atom stereocenters. The molecule has 0 heterocycles. The van der Waals surface area contributed by atoms with E-state index >= 15 is 0 Å². The fourth-order valence-electron chi connectivity index (χ4n) is 6.36. The average Bonchev–Trinajstić information content (AvgIpc) is 3.00. The lowest BCUT2D eigenvalue weighted by Crippen LogP contribution is -2.18. The highest BCUT2D eigenvalue weighted by Gasteiger charge is 2.14. The maximum absolute atomic E-state index is 12.7. The Morgan fingerprint density at radius 1 is 0.409 bits per heavy atom. The quantitative estimate of drug-likeness (QED) is 0.0553. The van der Waals surface area contributed by atoms with Gasteiger partial charge in [-0.3, -0.25) is 9.59 Å². The second-order valence-electron chi connectivity index (χ2n) is 13.8. The summed E-state index contributed by atoms with van der Waals surface area (Å²) in [7, 11) is 0. The summed E-state index contributed by atoms with van der Waals surface area (Å²) in [6.07, 6.45) is 42.6. The Bertz CT molecular complexity index is 590. The first-order valence-corrected chi connectivity index (χ1v) is 20.0. The molecule has 1 N–H and O–H groups in total. The number of carboxylic acid groups (broad SMARTS) is 1. The second-order valence-corrected chi connectivity index (χ2v) is 13.8. The zero-order valence-electron chi connectivity index (χ0n) is 30.0. The number of ether oxygens (including phenoxy) is 1. The molecule has 0 aliphatic heterocycles. The third-order valence-electron chi connectivity index (χ3n) is 9.33. The summed E-state index contributed by atoms with van der Waals surface area (Å²) < 4.78 is 6.01. The first-order chi connectivity index (χ1) is 21.6. The Hall–Kier alpha value is -1.06. The molecule has 4 heteroatoms. The van der Waals surface area contributed by atoms with E-state index < -0.39 is 5.97 Å². The molecule has 0 radical (unpaired) electrons. The van der Waals surface area contributed by atoms with Gasteiger partial charge in [0.2, 0.25) is 0 Å². The van der Waals surface area contributed by atoms with E-state index in [0.29, 0.717) is 6.42 Å². The molecule has 0 fully saturated rings. The zero-order valence-corrected chi connectivity index (χ0v) is 30.0. The maximum atomic E-state index is 12.7. The molecule has 0 aliphatic rings. The molecule has 0 aliphatic carbocycles. The molecule has 0 saturated carbocycles. The molecule has 262 valence electrons. The van der Waals surface area contributed by atoms with E-state index in [0.717, 1.165) is 64.2 Å². The summed E-state index contributed by atoms with van der Waals surface area (Å²) in [6.45, 7) is 4.56. The van der Waals surface area contributed by atoms with Gasteiger partial charge in [-0.2, -0.15) is 0 Å². The van der Waals surface area contributed by atoms with Gasteiger partial charge in [-0.15, -0.1) is 0 Å². The average molecular weight is 623 g/mol. The van der Waals surface area contributed by atoms with Gasteiger partial charge in [0.1, 0.15) is 6.10 Å². The lowest BCUT2D eigenvalue weighted by Gasteiger charge is -2.18. The van der Waals surface area contributed by atoms with Crippen molar-refractivity contribution < 1.29 is 19.4 Å². The minimum atomic E-state index is -0.696. The van der Waals surface area contributed by atoms with Crippen molar-refractivity contribution >= 4 is 11.9 Å². The number of esters is 1. The van der Waals surface area contributed by atoms with Gasteiger partial charge in [0.25, 0.3) is 0 Å². The smallest absolute Gasteiger partial charge is 0.306 e. The van der Waals surface area contributed by atoms with E-state index in [1.165, 1.54) is 148 Å². The normalized spacial score (nSPS) is 12.0. The van der Waals surface area contributed by atoms with Crippen LogP contribution in [0.4, 0.5) is 0 Å². The van der Waals surface area contributed by atoms with Gasteiger partial charge in [-0.25, -0.2) is 0 Å². The van der Waals surface area contributed by atoms with Crippen LogP contribution in [0.1, 0.15) is 239 Å². The largest absolute Gasteiger partial charge is 0.481 e. The molecule has 0 amide bonds. The highest BCUT2D eigenvalue weighted by Crippen LogP contribution is 2.19. The topological polar surface area (TPSA) is 63.6 Å². The Morgan fingerprint density at radius 2 is 0.682 bits per heavy atom. The van der Waals surface area contributed by atoms with E-state index in [1.54, 1.807) is 0 Å². The van der Waals surface area contributed by atoms with Gasteiger partial charge in [0.15, 0.2) is 0 Å². The van der Waals surface area contributed by atoms with Crippen LogP contribution in [0.15, 0.2) is 0 Å². The van der Waals surface area contributed by atoms with Gasteiger partial charge in [-0.05, 0) is 38.5 Å². The molecule has 0 spiro atoms. The van der Waals surface area contributed by atoms with Crippen LogP contribution in [-0.4, -0.2) is 23.1 Å². The third-order valence-corrected chi connectivity index (χ3v) is 9.33. The van der Waals surface area contributed by atoms with Crippen molar-refractivity contribution in [1.82, 2.24) is 0 Å². The highest BCUT2D eigenvalue weighted by atomic mass is 16.5. The Labute approximate surface area is 275 Å². The minimum absolute atomic E-state index is 0.00864. The summed E-state index contributed by atoms with van der Waals surface area (Å²) in [5, 5.41) is 8.81. The van der Waals surface area contributed by atoms with Crippen LogP contribution in [0.2, 0.25) is 0 Å². The van der Waals surface area contributed by atoms with Gasteiger partial charge < -0.3 is 9.84 Å². The summed E-state index contributed by atoms with van der Waals surface area (Å²) in [5.74, 6) is -0.687. The minimum Gasteiger partial charge on any atom is -0.481 e. The molecule has 0 aromatic heterocycles. The fraction of sp³-hybridized carbons (Fsp3) is 0.950. The molecule has 0 aromatic carbocycles. The highest BCUT2D eigenvalue weighted by molar-refractivity contribution is 5.69. The molecule has 44 heavy (non-hydrogen) atoms. The lowest BCUT2D eigenvalue weighted by atomic mass is 10.0. The molecule has 0 saturated heterocycles. The van der Waals surface area contributed by atoms with Crippen molar-refractivity contribution in [3.63, 3.8) is 0 Å². The van der Waals surface area contributed by atoms with Gasteiger partial charge in [0.05, 0.1) is 0 Å². The standard InChI is InChI=1S/C40H78O4/c1-3-5-7-9-11-13-15-17-18-20-22-24-29-33-37-40(43)44-38(35-31-27-25-28-32-36-39(41)42)34-30-26-23-21-19-16-14-12-10-8-6-4-2/h38H,3-37H2,1-2H3,(H,41,42). The predicted molar refractivity (Wildman–Crippen MR) is 190 cm³/mol. The van der Waals surface area contributed by atoms with Crippen LogP contribution in [0.25, 0.3) is 0 Å². The number of rotatable bonds is 37. The van der Waals surface area contributed by atoms with Gasteiger partial charge in [0, 0.05) is 12.8 Å². The Balaban J connectivity index is 3.98. The Morgan fingerprint density at radius 3 is 1.00 bits per heavy atom. The van der Waals surface area contributed by atoms with Crippen molar-refractivity contribution in [3.8, 4) is 0 Å². The van der Waals surface area contributed by atoms with Crippen molar-refractivity contribution in [2.45, 2.75) is 245 Å². The molecule has 0 rings (SSSR count). The predicted octanol–water partition coefficient (Wildman–Crippen LogP) is 13.7. The van der Waals surface area contributed by atoms with Gasteiger partial charge in [-0.1, -0.05) is 187 Å². The summed E-state index contributed by atoms with van der Waals surface area (Å²) in [6, 6.07) is 0. The Kier molecular flexibility index (Phi) is 35.5. The van der Waals surface area contributed by atoms with E-state index in [-0.39, 0.29) is 18.5 Å².